The molecule has 4 heteroatoms. The van der Waals surface area contributed by atoms with Gasteiger partial charge in [0.15, 0.2) is 5.82 Å². The van der Waals surface area contributed by atoms with E-state index in [-0.39, 0.29) is 0 Å². The van der Waals surface area contributed by atoms with E-state index in [0.717, 1.165) is 33.3 Å². The maximum absolute atomic E-state index is 5.44. The minimum Gasteiger partial charge on any atom is -0.309 e. The Bertz CT molecular complexity index is 3460. The van der Waals surface area contributed by atoms with Gasteiger partial charge in [-0.15, -0.1) is 0 Å². The van der Waals surface area contributed by atoms with Gasteiger partial charge >= 0.3 is 0 Å². The van der Waals surface area contributed by atoms with Crippen LogP contribution in [0.3, 0.4) is 0 Å². The van der Waals surface area contributed by atoms with Crippen molar-refractivity contribution in [3.05, 3.63) is 182 Å². The molecule has 0 N–H and O–H groups in total. The SMILES string of the molecule is c1cc(-n2c3ccccc3c3ccccc32)c2cc3c4ccccc4n(-c4nc(-c5ccc6c(ccc7ccccc76)c5)nc5ccccc45)c3cc2c1. The Morgan fingerprint density at radius 2 is 0.889 bits per heavy atom. The number of fused-ring (bicyclic) bond motifs is 11. The van der Waals surface area contributed by atoms with Gasteiger partial charge in [-0.1, -0.05) is 127 Å². The molecule has 0 spiro atoms. The van der Waals surface area contributed by atoms with E-state index in [9.17, 15) is 0 Å². The first-order valence-corrected chi connectivity index (χ1v) is 18.4. The quantitative estimate of drug-likeness (QED) is 0.173. The summed E-state index contributed by atoms with van der Waals surface area (Å²) in [5, 5.41) is 13.2. The van der Waals surface area contributed by atoms with Crippen molar-refractivity contribution in [1.29, 1.82) is 0 Å². The number of nitrogens with zero attached hydrogens (tertiary/aromatic N) is 4. The molecular weight excluding hydrogens is 657 g/mol. The van der Waals surface area contributed by atoms with E-state index in [4.69, 9.17) is 9.97 Å². The van der Waals surface area contributed by atoms with Crippen LogP contribution in [-0.4, -0.2) is 19.1 Å². The molecule has 0 aliphatic rings. The topological polar surface area (TPSA) is 35.6 Å². The molecule has 3 aromatic heterocycles. The van der Waals surface area contributed by atoms with E-state index in [1.807, 2.05) is 0 Å². The highest BCUT2D eigenvalue weighted by atomic mass is 15.1. The molecular formula is C50H30N4. The van der Waals surface area contributed by atoms with Gasteiger partial charge in [0.05, 0.1) is 33.3 Å². The largest absolute Gasteiger partial charge is 0.309 e. The molecule has 3 heterocycles. The molecule has 0 unspecified atom stereocenters. The zero-order valence-electron chi connectivity index (χ0n) is 29.1. The Morgan fingerprint density at radius 1 is 0.315 bits per heavy atom. The summed E-state index contributed by atoms with van der Waals surface area (Å²) < 4.78 is 4.77. The van der Waals surface area contributed by atoms with E-state index in [0.29, 0.717) is 5.82 Å². The Hall–Kier alpha value is -7.30. The van der Waals surface area contributed by atoms with Crippen molar-refractivity contribution in [3.63, 3.8) is 0 Å². The Labute approximate surface area is 309 Å². The van der Waals surface area contributed by atoms with E-state index in [1.165, 1.54) is 70.6 Å². The van der Waals surface area contributed by atoms with Crippen LogP contribution < -0.4 is 0 Å². The second-order valence-electron chi connectivity index (χ2n) is 14.2. The minimum absolute atomic E-state index is 0.708. The lowest BCUT2D eigenvalue weighted by Gasteiger charge is -2.14. The Kier molecular flexibility index (Phi) is 6.02. The molecule has 0 radical (unpaired) electrons. The smallest absolute Gasteiger partial charge is 0.162 e. The molecule has 54 heavy (non-hydrogen) atoms. The molecule has 4 nitrogen and oxygen atoms in total. The van der Waals surface area contributed by atoms with E-state index in [2.05, 4.69) is 191 Å². The highest BCUT2D eigenvalue weighted by molar-refractivity contribution is 6.17. The molecule has 12 rings (SSSR count). The molecule has 12 aromatic rings. The van der Waals surface area contributed by atoms with Gasteiger partial charge in [-0.25, -0.2) is 9.97 Å². The minimum atomic E-state index is 0.708. The zero-order valence-corrected chi connectivity index (χ0v) is 29.1. The van der Waals surface area contributed by atoms with Crippen molar-refractivity contribution >= 4 is 86.8 Å². The lowest BCUT2D eigenvalue weighted by Crippen LogP contribution is -2.03. The van der Waals surface area contributed by atoms with Crippen LogP contribution in [0.25, 0.3) is 110 Å². The van der Waals surface area contributed by atoms with Crippen LogP contribution >= 0.6 is 0 Å². The van der Waals surface area contributed by atoms with E-state index in [1.54, 1.807) is 0 Å². The van der Waals surface area contributed by atoms with Gasteiger partial charge < -0.3 is 4.57 Å². The monoisotopic (exact) mass is 686 g/mol. The molecule has 0 bridgehead atoms. The number of aromatic nitrogens is 4. The summed E-state index contributed by atoms with van der Waals surface area (Å²) in [5.74, 6) is 1.58. The van der Waals surface area contributed by atoms with Gasteiger partial charge in [-0.3, -0.25) is 4.57 Å². The fourth-order valence-electron chi connectivity index (χ4n) is 8.84. The summed E-state index contributed by atoms with van der Waals surface area (Å²) in [6, 6.07) is 65.5. The number of rotatable bonds is 3. The zero-order chi connectivity index (χ0) is 35.3. The second-order valence-corrected chi connectivity index (χ2v) is 14.2. The maximum Gasteiger partial charge on any atom is 0.162 e. The summed E-state index contributed by atoms with van der Waals surface area (Å²) in [5.41, 5.74) is 7.71. The fourth-order valence-corrected chi connectivity index (χ4v) is 8.84. The number of benzene rings is 9. The third-order valence-electron chi connectivity index (χ3n) is 11.3. The lowest BCUT2D eigenvalue weighted by atomic mass is 10.00. The molecule has 0 amide bonds. The summed E-state index contributed by atoms with van der Waals surface area (Å²) >= 11 is 0. The Morgan fingerprint density at radius 3 is 1.67 bits per heavy atom. The van der Waals surface area contributed by atoms with E-state index >= 15 is 0 Å². The van der Waals surface area contributed by atoms with Crippen LogP contribution in [0.1, 0.15) is 0 Å². The van der Waals surface area contributed by atoms with E-state index < -0.39 is 0 Å². The van der Waals surface area contributed by atoms with Crippen molar-refractivity contribution in [3.8, 4) is 22.9 Å². The van der Waals surface area contributed by atoms with Gasteiger partial charge in [-0.2, -0.15) is 0 Å². The van der Waals surface area contributed by atoms with Gasteiger partial charge in [0.1, 0.15) is 5.82 Å². The molecule has 0 saturated heterocycles. The molecule has 0 atom stereocenters. The van der Waals surface area contributed by atoms with Gasteiger partial charge in [0.25, 0.3) is 0 Å². The third kappa shape index (κ3) is 4.13. The van der Waals surface area contributed by atoms with Crippen molar-refractivity contribution in [2.75, 3.05) is 0 Å². The molecule has 0 fully saturated rings. The van der Waals surface area contributed by atoms with Crippen molar-refractivity contribution in [1.82, 2.24) is 19.1 Å². The first kappa shape index (κ1) is 29.3. The first-order chi connectivity index (χ1) is 26.8. The predicted octanol–water partition coefficient (Wildman–Crippen LogP) is 13.0. The normalized spacial score (nSPS) is 12.1. The molecule has 250 valence electrons. The average molecular weight is 687 g/mol. The van der Waals surface area contributed by atoms with Crippen LogP contribution in [0.15, 0.2) is 182 Å². The second kappa shape index (κ2) is 11.1. The van der Waals surface area contributed by atoms with Crippen LogP contribution in [-0.2, 0) is 0 Å². The molecule has 0 saturated carbocycles. The van der Waals surface area contributed by atoms with Crippen LogP contribution in [0.2, 0.25) is 0 Å². The standard InChI is InChI=1S/C50H30N4/c1-2-14-35-31(12-1)24-25-33-28-34(26-27-36(33)35)49-51-43-19-7-3-18-40(43)50(52-49)54-46-22-10-6-17-39(46)42-30-41-32(29-48(42)54)13-11-23-47(41)53-44-20-8-4-15-37(44)38-16-5-9-21-45(38)53/h1-30H. The van der Waals surface area contributed by atoms with Crippen LogP contribution in [0.4, 0.5) is 0 Å². The number of hydrogen-bond donors (Lipinski definition) is 0. The third-order valence-corrected chi connectivity index (χ3v) is 11.3. The molecule has 9 aromatic carbocycles. The van der Waals surface area contributed by atoms with Crippen molar-refractivity contribution in [2.24, 2.45) is 0 Å². The summed E-state index contributed by atoms with van der Waals surface area (Å²) in [7, 11) is 0. The number of hydrogen-bond acceptors (Lipinski definition) is 2. The lowest BCUT2D eigenvalue weighted by molar-refractivity contribution is 1.08. The molecule has 0 aliphatic heterocycles. The summed E-state index contributed by atoms with van der Waals surface area (Å²) in [6.45, 7) is 0. The van der Waals surface area contributed by atoms with Gasteiger partial charge in [0.2, 0.25) is 0 Å². The summed E-state index contributed by atoms with van der Waals surface area (Å²) in [6.07, 6.45) is 0. The highest BCUT2D eigenvalue weighted by Gasteiger charge is 2.20. The highest BCUT2D eigenvalue weighted by Crippen LogP contribution is 2.40. The first-order valence-electron chi connectivity index (χ1n) is 18.4. The van der Waals surface area contributed by atoms with Crippen LogP contribution in [0.5, 0.6) is 0 Å². The maximum atomic E-state index is 5.44. The van der Waals surface area contributed by atoms with Gasteiger partial charge in [-0.05, 0) is 81.5 Å². The summed E-state index contributed by atoms with van der Waals surface area (Å²) in [4.78, 5) is 10.6. The van der Waals surface area contributed by atoms with Gasteiger partial charge in [0, 0.05) is 37.9 Å². The molecule has 0 aliphatic carbocycles. The van der Waals surface area contributed by atoms with Crippen LogP contribution in [0, 0.1) is 0 Å². The average Bonchev–Trinajstić information content (AvgIpc) is 3.74. The van der Waals surface area contributed by atoms with Crippen molar-refractivity contribution < 1.29 is 0 Å². The fraction of sp³-hybridized carbons (Fsp3) is 0. The Balaban J connectivity index is 1.13. The number of para-hydroxylation sites is 4. The predicted molar refractivity (Wildman–Crippen MR) is 226 cm³/mol. The van der Waals surface area contributed by atoms with Crippen molar-refractivity contribution in [2.45, 2.75) is 0 Å².